The molecule has 0 saturated heterocycles. The Bertz CT molecular complexity index is 375. The van der Waals surface area contributed by atoms with E-state index in [4.69, 9.17) is 22.1 Å². The Hall–Kier alpha value is -1.22. The van der Waals surface area contributed by atoms with E-state index in [-0.39, 0.29) is 0 Å². The van der Waals surface area contributed by atoms with Gasteiger partial charge in [-0.3, -0.25) is 4.99 Å². The third kappa shape index (κ3) is 1.99. The van der Waals surface area contributed by atoms with Crippen molar-refractivity contribution >= 4 is 17.4 Å². The molecule has 0 aliphatic heterocycles. The van der Waals surface area contributed by atoms with Crippen molar-refractivity contribution in [2.45, 2.75) is 6.92 Å². The lowest BCUT2D eigenvalue weighted by atomic mass is 10.1. The van der Waals surface area contributed by atoms with Crippen LogP contribution in [0.2, 0.25) is 5.02 Å². The second kappa shape index (κ2) is 4.33. The number of nitrogens with two attached hydrogens (primary N) is 1. The number of hydrogen-bond donors (Lipinski definition) is 1. The maximum Gasteiger partial charge on any atom is 0.132 e. The number of halogens is 1. The second-order valence-electron chi connectivity index (χ2n) is 2.91. The van der Waals surface area contributed by atoms with Crippen LogP contribution in [0.1, 0.15) is 11.1 Å². The van der Waals surface area contributed by atoms with Gasteiger partial charge in [0.15, 0.2) is 0 Å². The fourth-order valence-corrected chi connectivity index (χ4v) is 1.58. The van der Waals surface area contributed by atoms with E-state index < -0.39 is 0 Å². The molecule has 0 saturated carbocycles. The zero-order chi connectivity index (χ0) is 10.7. The van der Waals surface area contributed by atoms with E-state index in [2.05, 4.69) is 4.99 Å². The Morgan fingerprint density at radius 2 is 2.14 bits per heavy atom. The van der Waals surface area contributed by atoms with Gasteiger partial charge in [-0.15, -0.1) is 0 Å². The molecule has 0 spiro atoms. The fourth-order valence-electron chi connectivity index (χ4n) is 1.31. The number of aliphatic imine (C=N–C) groups is 1. The highest BCUT2D eigenvalue weighted by atomic mass is 35.5. The van der Waals surface area contributed by atoms with Crippen LogP contribution in [0.3, 0.4) is 0 Å². The summed E-state index contributed by atoms with van der Waals surface area (Å²) in [6.45, 7) is 1.91. The first-order valence-electron chi connectivity index (χ1n) is 4.17. The van der Waals surface area contributed by atoms with Crippen LogP contribution in [0, 0.1) is 6.92 Å². The Labute approximate surface area is 88.5 Å². The number of benzene rings is 1. The van der Waals surface area contributed by atoms with Gasteiger partial charge in [0.25, 0.3) is 0 Å². The molecule has 14 heavy (non-hydrogen) atoms. The van der Waals surface area contributed by atoms with E-state index in [1.165, 1.54) is 0 Å². The number of ether oxygens (including phenoxy) is 1. The van der Waals surface area contributed by atoms with E-state index in [1.54, 1.807) is 20.2 Å². The normalized spacial score (nSPS) is 11.6. The minimum Gasteiger partial charge on any atom is -0.496 e. The molecule has 0 aliphatic carbocycles. The van der Waals surface area contributed by atoms with E-state index >= 15 is 0 Å². The first kappa shape index (κ1) is 10.9. The van der Waals surface area contributed by atoms with Crippen molar-refractivity contribution in [2.75, 3.05) is 14.2 Å². The SMILES string of the molecule is CN=C(N)c1cc(Cl)cc(C)c1OC. The second-order valence-corrected chi connectivity index (χ2v) is 3.35. The molecular formula is C10H13ClN2O. The van der Waals surface area contributed by atoms with Crippen LogP contribution >= 0.6 is 11.6 Å². The van der Waals surface area contributed by atoms with Gasteiger partial charge >= 0.3 is 0 Å². The largest absolute Gasteiger partial charge is 0.496 e. The first-order valence-corrected chi connectivity index (χ1v) is 4.54. The molecule has 0 atom stereocenters. The molecule has 0 radical (unpaired) electrons. The van der Waals surface area contributed by atoms with Crippen LogP contribution in [0.25, 0.3) is 0 Å². The van der Waals surface area contributed by atoms with Crippen LogP contribution < -0.4 is 10.5 Å². The van der Waals surface area contributed by atoms with Gasteiger partial charge in [-0.25, -0.2) is 0 Å². The maximum absolute atomic E-state index is 5.91. The maximum atomic E-state index is 5.91. The van der Waals surface area contributed by atoms with E-state index in [1.807, 2.05) is 13.0 Å². The van der Waals surface area contributed by atoms with Crippen LogP contribution in [0.5, 0.6) is 5.75 Å². The molecule has 4 heteroatoms. The summed E-state index contributed by atoms with van der Waals surface area (Å²) in [5, 5.41) is 0.630. The molecule has 76 valence electrons. The first-order chi connectivity index (χ1) is 6.60. The number of nitrogens with zero attached hydrogens (tertiary/aromatic N) is 1. The Balaban J connectivity index is 3.39. The van der Waals surface area contributed by atoms with Gasteiger partial charge in [0, 0.05) is 12.1 Å². The molecule has 1 aromatic rings. The third-order valence-corrected chi connectivity index (χ3v) is 2.18. The predicted octanol–water partition coefficient (Wildman–Crippen LogP) is 1.99. The zero-order valence-electron chi connectivity index (χ0n) is 8.47. The topological polar surface area (TPSA) is 47.6 Å². The highest BCUT2D eigenvalue weighted by Crippen LogP contribution is 2.27. The molecule has 3 nitrogen and oxygen atoms in total. The van der Waals surface area contributed by atoms with Gasteiger partial charge in [-0.05, 0) is 24.6 Å². The Kier molecular flexibility index (Phi) is 3.36. The van der Waals surface area contributed by atoms with E-state index in [0.29, 0.717) is 10.9 Å². The van der Waals surface area contributed by atoms with Gasteiger partial charge < -0.3 is 10.5 Å². The third-order valence-electron chi connectivity index (χ3n) is 1.96. The van der Waals surface area contributed by atoms with Crippen molar-refractivity contribution in [3.05, 3.63) is 28.3 Å². The lowest BCUT2D eigenvalue weighted by molar-refractivity contribution is 0.411. The lowest BCUT2D eigenvalue weighted by Gasteiger charge is -2.11. The molecule has 1 rings (SSSR count). The van der Waals surface area contributed by atoms with Crippen molar-refractivity contribution in [2.24, 2.45) is 10.7 Å². The van der Waals surface area contributed by atoms with Gasteiger partial charge in [-0.1, -0.05) is 11.6 Å². The average Bonchev–Trinajstić information content (AvgIpc) is 2.15. The molecule has 0 aromatic heterocycles. The molecule has 0 unspecified atom stereocenters. The summed E-state index contributed by atoms with van der Waals surface area (Å²) in [6, 6.07) is 3.57. The van der Waals surface area contributed by atoms with Crippen molar-refractivity contribution in [1.82, 2.24) is 0 Å². The van der Waals surface area contributed by atoms with Crippen molar-refractivity contribution in [3.63, 3.8) is 0 Å². The number of methoxy groups -OCH3 is 1. The summed E-state index contributed by atoms with van der Waals surface area (Å²) in [7, 11) is 3.23. The van der Waals surface area contributed by atoms with Crippen molar-refractivity contribution in [1.29, 1.82) is 0 Å². The van der Waals surface area contributed by atoms with Gasteiger partial charge in [0.05, 0.1) is 12.7 Å². The molecule has 0 bridgehead atoms. The minimum absolute atomic E-state index is 0.424. The van der Waals surface area contributed by atoms with Crippen LogP contribution in [0.15, 0.2) is 17.1 Å². The van der Waals surface area contributed by atoms with E-state index in [9.17, 15) is 0 Å². The van der Waals surface area contributed by atoms with Crippen molar-refractivity contribution in [3.8, 4) is 5.75 Å². The fraction of sp³-hybridized carbons (Fsp3) is 0.300. The van der Waals surface area contributed by atoms with Gasteiger partial charge in [0.1, 0.15) is 11.6 Å². The summed E-state index contributed by atoms with van der Waals surface area (Å²) in [6.07, 6.45) is 0. The molecule has 0 aliphatic rings. The molecular weight excluding hydrogens is 200 g/mol. The number of amidine groups is 1. The standard InChI is InChI=1S/C10H13ClN2O/c1-6-4-7(11)5-8(9(6)14-3)10(12)13-2/h4-5H,1-3H3,(H2,12,13). The predicted molar refractivity (Wildman–Crippen MR) is 59.4 cm³/mol. The van der Waals surface area contributed by atoms with Crippen molar-refractivity contribution < 1.29 is 4.74 Å². The highest BCUT2D eigenvalue weighted by molar-refractivity contribution is 6.31. The number of hydrogen-bond acceptors (Lipinski definition) is 2. The summed E-state index contributed by atoms with van der Waals surface area (Å²) in [5.74, 6) is 1.14. The average molecular weight is 213 g/mol. The number of aryl methyl sites for hydroxylation is 1. The molecule has 0 amide bonds. The summed E-state index contributed by atoms with van der Waals surface area (Å²) in [4.78, 5) is 3.91. The molecule has 0 heterocycles. The summed E-state index contributed by atoms with van der Waals surface area (Å²) < 4.78 is 5.23. The Morgan fingerprint density at radius 1 is 1.50 bits per heavy atom. The minimum atomic E-state index is 0.424. The lowest BCUT2D eigenvalue weighted by Crippen LogP contribution is -2.14. The van der Waals surface area contributed by atoms with Crippen LogP contribution in [-0.2, 0) is 0 Å². The van der Waals surface area contributed by atoms with Gasteiger partial charge in [-0.2, -0.15) is 0 Å². The van der Waals surface area contributed by atoms with Crippen LogP contribution in [-0.4, -0.2) is 20.0 Å². The molecule has 2 N–H and O–H groups in total. The van der Waals surface area contributed by atoms with Gasteiger partial charge in [0.2, 0.25) is 0 Å². The summed E-state index contributed by atoms with van der Waals surface area (Å²) >= 11 is 5.91. The smallest absolute Gasteiger partial charge is 0.132 e. The zero-order valence-corrected chi connectivity index (χ0v) is 9.22. The van der Waals surface area contributed by atoms with Crippen LogP contribution in [0.4, 0.5) is 0 Å². The summed E-state index contributed by atoms with van der Waals surface area (Å²) in [5.41, 5.74) is 7.40. The Morgan fingerprint density at radius 3 is 2.64 bits per heavy atom. The highest BCUT2D eigenvalue weighted by Gasteiger charge is 2.10. The number of rotatable bonds is 2. The monoisotopic (exact) mass is 212 g/mol. The quantitative estimate of drug-likeness (QED) is 0.602. The molecule has 0 fully saturated rings. The van der Waals surface area contributed by atoms with E-state index in [0.717, 1.165) is 16.9 Å². The molecule has 1 aromatic carbocycles.